The van der Waals surface area contributed by atoms with E-state index in [1.54, 1.807) is 31.2 Å². The van der Waals surface area contributed by atoms with Crippen molar-refractivity contribution in [3.63, 3.8) is 0 Å². The van der Waals surface area contributed by atoms with Crippen LogP contribution in [0.3, 0.4) is 0 Å². The first-order chi connectivity index (χ1) is 15.2. The molecule has 32 heavy (non-hydrogen) atoms. The highest BCUT2D eigenvalue weighted by atomic mass is 35.5. The number of halogens is 1. The van der Waals surface area contributed by atoms with Gasteiger partial charge in [0.05, 0.1) is 10.5 Å². The number of rotatable bonds is 4. The third-order valence-electron chi connectivity index (χ3n) is 4.99. The number of nitrogens with one attached hydrogen (secondary N) is 3. The van der Waals surface area contributed by atoms with E-state index in [4.69, 9.17) is 11.6 Å². The summed E-state index contributed by atoms with van der Waals surface area (Å²) in [4.78, 5) is 25.8. The maximum absolute atomic E-state index is 12.4. The molecule has 162 valence electrons. The van der Waals surface area contributed by atoms with Crippen LogP contribution < -0.4 is 10.4 Å². The van der Waals surface area contributed by atoms with Crippen molar-refractivity contribution in [2.45, 2.75) is 19.0 Å². The number of aromatic amines is 2. The maximum Gasteiger partial charge on any atom is 0.348 e. The Morgan fingerprint density at radius 1 is 1.12 bits per heavy atom. The summed E-state index contributed by atoms with van der Waals surface area (Å²) in [5.41, 5.74) is 3.28. The number of aryl methyl sites for hydroxylation is 2. The third kappa shape index (κ3) is 3.31. The SMILES string of the molecule is Cc1nc2c3cc(-c4ccc(NS(=O)(=O)c5ncc[nH]5)cc4C)c(Cl)cc3[nH]c(=O)n2n1. The van der Waals surface area contributed by atoms with Gasteiger partial charge in [-0.3, -0.25) is 4.72 Å². The van der Waals surface area contributed by atoms with Crippen LogP contribution in [0, 0.1) is 13.8 Å². The molecule has 0 saturated carbocycles. The lowest BCUT2D eigenvalue weighted by Crippen LogP contribution is -2.17. The first-order valence-corrected chi connectivity index (χ1v) is 11.3. The minimum absolute atomic E-state index is 0.168. The molecule has 0 radical (unpaired) electrons. The zero-order chi connectivity index (χ0) is 22.6. The van der Waals surface area contributed by atoms with Gasteiger partial charge in [-0.05, 0) is 49.2 Å². The Labute approximate surface area is 186 Å². The lowest BCUT2D eigenvalue weighted by atomic mass is 9.98. The van der Waals surface area contributed by atoms with Crippen molar-refractivity contribution >= 4 is 43.9 Å². The van der Waals surface area contributed by atoms with E-state index in [1.165, 1.54) is 16.9 Å². The van der Waals surface area contributed by atoms with Crippen molar-refractivity contribution in [2.24, 2.45) is 0 Å². The lowest BCUT2D eigenvalue weighted by molar-refractivity contribution is 0.594. The molecule has 3 N–H and O–H groups in total. The first kappa shape index (κ1) is 20.2. The molecule has 0 saturated heterocycles. The Bertz CT molecular complexity index is 1670. The summed E-state index contributed by atoms with van der Waals surface area (Å²) in [6, 6.07) is 8.64. The number of hydrogen-bond donors (Lipinski definition) is 3. The molecule has 3 heterocycles. The van der Waals surface area contributed by atoms with Crippen LogP contribution in [-0.4, -0.2) is 38.0 Å². The van der Waals surface area contributed by atoms with E-state index in [9.17, 15) is 13.2 Å². The van der Waals surface area contributed by atoms with Gasteiger partial charge in [-0.2, -0.15) is 12.9 Å². The highest BCUT2D eigenvalue weighted by molar-refractivity contribution is 7.92. The van der Waals surface area contributed by atoms with E-state index in [1.807, 2.05) is 13.0 Å². The molecule has 0 atom stereocenters. The maximum atomic E-state index is 12.4. The summed E-state index contributed by atoms with van der Waals surface area (Å²) in [6.45, 7) is 3.56. The van der Waals surface area contributed by atoms with Crippen molar-refractivity contribution in [3.8, 4) is 11.1 Å². The number of anilines is 1. The number of imidazole rings is 1. The number of hydrogen-bond acceptors (Lipinski definition) is 6. The zero-order valence-corrected chi connectivity index (χ0v) is 18.4. The topological polar surface area (TPSA) is 138 Å². The van der Waals surface area contributed by atoms with Crippen molar-refractivity contribution < 1.29 is 8.42 Å². The monoisotopic (exact) mass is 469 g/mol. The van der Waals surface area contributed by atoms with Gasteiger partial charge in [0.25, 0.3) is 10.0 Å². The molecule has 5 rings (SSSR count). The Kier molecular flexibility index (Phi) is 4.53. The second-order valence-electron chi connectivity index (χ2n) is 7.23. The van der Waals surface area contributed by atoms with Crippen LogP contribution in [0.25, 0.3) is 27.7 Å². The predicted molar refractivity (Wildman–Crippen MR) is 120 cm³/mol. The normalized spacial score (nSPS) is 12.0. The molecule has 0 aliphatic rings. The van der Waals surface area contributed by atoms with E-state index in [0.717, 1.165) is 11.1 Å². The molecule has 0 amide bonds. The van der Waals surface area contributed by atoms with Crippen LogP contribution >= 0.6 is 11.6 Å². The largest absolute Gasteiger partial charge is 0.348 e. The average molecular weight is 470 g/mol. The molecule has 3 aromatic heterocycles. The molecule has 10 nitrogen and oxygen atoms in total. The Hall–Kier alpha value is -3.70. The zero-order valence-electron chi connectivity index (χ0n) is 16.8. The summed E-state index contributed by atoms with van der Waals surface area (Å²) in [7, 11) is -3.82. The van der Waals surface area contributed by atoms with E-state index >= 15 is 0 Å². The summed E-state index contributed by atoms with van der Waals surface area (Å²) in [6.07, 6.45) is 2.80. The smallest absolute Gasteiger partial charge is 0.334 e. The fourth-order valence-electron chi connectivity index (χ4n) is 3.60. The van der Waals surface area contributed by atoms with Crippen molar-refractivity contribution in [1.82, 2.24) is 29.5 Å². The fourth-order valence-corrected chi connectivity index (χ4v) is 4.82. The van der Waals surface area contributed by atoms with Crippen molar-refractivity contribution in [3.05, 3.63) is 69.6 Å². The first-order valence-electron chi connectivity index (χ1n) is 9.45. The molecule has 5 aromatic rings. The number of aromatic nitrogens is 6. The highest BCUT2D eigenvalue weighted by Crippen LogP contribution is 2.35. The molecule has 0 bridgehead atoms. The van der Waals surface area contributed by atoms with Gasteiger partial charge in [0, 0.05) is 29.0 Å². The van der Waals surface area contributed by atoms with Gasteiger partial charge >= 0.3 is 5.69 Å². The third-order valence-corrected chi connectivity index (χ3v) is 6.54. The van der Waals surface area contributed by atoms with Crippen LogP contribution in [0.15, 0.2) is 52.7 Å². The van der Waals surface area contributed by atoms with Crippen LogP contribution in [-0.2, 0) is 10.0 Å². The summed E-state index contributed by atoms with van der Waals surface area (Å²) >= 11 is 6.54. The summed E-state index contributed by atoms with van der Waals surface area (Å²) in [5.74, 6) is 0.476. The van der Waals surface area contributed by atoms with Gasteiger partial charge < -0.3 is 9.97 Å². The number of sulfonamides is 1. The van der Waals surface area contributed by atoms with E-state index < -0.39 is 15.7 Å². The van der Waals surface area contributed by atoms with Gasteiger partial charge in [0.2, 0.25) is 5.16 Å². The number of benzene rings is 2. The van der Waals surface area contributed by atoms with E-state index in [0.29, 0.717) is 38.6 Å². The Morgan fingerprint density at radius 2 is 1.94 bits per heavy atom. The predicted octanol–water partition coefficient (Wildman–Crippen LogP) is 3.03. The molecule has 0 aliphatic carbocycles. The number of nitrogens with zero attached hydrogens (tertiary/aromatic N) is 4. The average Bonchev–Trinajstić information content (AvgIpc) is 3.39. The highest BCUT2D eigenvalue weighted by Gasteiger charge is 2.18. The number of fused-ring (bicyclic) bond motifs is 3. The van der Waals surface area contributed by atoms with Crippen LogP contribution in [0.1, 0.15) is 11.4 Å². The second kappa shape index (κ2) is 7.18. The Morgan fingerprint density at radius 3 is 2.66 bits per heavy atom. The van der Waals surface area contributed by atoms with E-state index in [-0.39, 0.29) is 5.16 Å². The molecular formula is C20H16ClN7O3S. The van der Waals surface area contributed by atoms with Gasteiger partial charge in [-0.25, -0.2) is 14.8 Å². The van der Waals surface area contributed by atoms with Crippen LogP contribution in [0.2, 0.25) is 5.02 Å². The van der Waals surface area contributed by atoms with Gasteiger partial charge in [-0.1, -0.05) is 17.7 Å². The lowest BCUT2D eigenvalue weighted by Gasteiger charge is -2.13. The molecule has 12 heteroatoms. The quantitative estimate of drug-likeness (QED) is 0.370. The summed E-state index contributed by atoms with van der Waals surface area (Å²) in [5, 5.41) is 5.08. The Balaban J connectivity index is 1.61. The molecule has 2 aromatic carbocycles. The molecule has 0 fully saturated rings. The van der Waals surface area contributed by atoms with Gasteiger partial charge in [0.15, 0.2) is 5.65 Å². The van der Waals surface area contributed by atoms with Gasteiger partial charge in [-0.15, -0.1) is 5.10 Å². The molecular weight excluding hydrogens is 454 g/mol. The second-order valence-corrected chi connectivity index (χ2v) is 9.24. The van der Waals surface area contributed by atoms with Crippen molar-refractivity contribution in [2.75, 3.05) is 4.72 Å². The fraction of sp³-hybridized carbons (Fsp3) is 0.100. The molecule has 0 aliphatic heterocycles. The minimum atomic E-state index is -3.82. The van der Waals surface area contributed by atoms with Crippen LogP contribution in [0.4, 0.5) is 5.69 Å². The van der Waals surface area contributed by atoms with E-state index in [2.05, 4.69) is 29.8 Å². The molecule has 0 unspecified atom stereocenters. The standard InChI is InChI=1S/C20H16ClN7O3S/c1-10-7-12(27-32(30,31)19-22-5-6-23-19)3-4-13(10)14-8-15-17(9-16(14)21)25-20(29)28-18(15)24-11(2)26-28/h3-9,27H,1-2H3,(H,22,23)(H,25,29). The van der Waals surface area contributed by atoms with Gasteiger partial charge in [0.1, 0.15) is 5.82 Å². The number of H-pyrrole nitrogens is 2. The van der Waals surface area contributed by atoms with Crippen LogP contribution in [0.5, 0.6) is 0 Å². The minimum Gasteiger partial charge on any atom is -0.334 e. The van der Waals surface area contributed by atoms with Crippen molar-refractivity contribution in [1.29, 1.82) is 0 Å². The molecule has 0 spiro atoms. The summed E-state index contributed by atoms with van der Waals surface area (Å²) < 4.78 is 28.5.